The molecule has 0 fully saturated rings. The van der Waals surface area contributed by atoms with Crippen molar-refractivity contribution in [1.29, 1.82) is 0 Å². The summed E-state index contributed by atoms with van der Waals surface area (Å²) in [7, 11) is 0. The van der Waals surface area contributed by atoms with Gasteiger partial charge in [-0.15, -0.1) is 0 Å². The highest BCUT2D eigenvalue weighted by molar-refractivity contribution is 6.61. The first-order valence-corrected chi connectivity index (χ1v) is 4.66. The van der Waals surface area contributed by atoms with Crippen LogP contribution in [0.25, 0.3) is 0 Å². The molecule has 3 heteroatoms. The van der Waals surface area contributed by atoms with Crippen LogP contribution in [0.5, 0.6) is 0 Å². The van der Waals surface area contributed by atoms with Gasteiger partial charge in [-0.1, -0.05) is 26.2 Å². The first kappa shape index (κ1) is 11.5. The van der Waals surface area contributed by atoms with Gasteiger partial charge >= 0.3 is 5.43 Å². The first-order chi connectivity index (χ1) is 5.77. The number of hydrogen-bond donors (Lipinski definition) is 0. The quantitative estimate of drug-likeness (QED) is 0.361. The SMILES string of the molecule is CCCCCC/C=C/OC(=O)Cl. The van der Waals surface area contributed by atoms with Crippen LogP contribution in [0, 0.1) is 0 Å². The number of rotatable bonds is 6. The summed E-state index contributed by atoms with van der Waals surface area (Å²) in [5, 5.41) is 0. The molecule has 0 N–H and O–H groups in total. The zero-order chi connectivity index (χ0) is 9.23. The van der Waals surface area contributed by atoms with Crippen LogP contribution in [0.2, 0.25) is 0 Å². The molecule has 0 radical (unpaired) electrons. The smallest absolute Gasteiger partial charge is 0.408 e. The average molecular weight is 191 g/mol. The molecular weight excluding hydrogens is 176 g/mol. The van der Waals surface area contributed by atoms with Crippen LogP contribution in [0.1, 0.15) is 39.0 Å². The Morgan fingerprint density at radius 2 is 2.17 bits per heavy atom. The van der Waals surface area contributed by atoms with Crippen LogP contribution in [0.4, 0.5) is 4.79 Å². The average Bonchev–Trinajstić information content (AvgIpc) is 2.02. The maximum Gasteiger partial charge on any atom is 0.408 e. The lowest BCUT2D eigenvalue weighted by Gasteiger charge is -1.93. The molecule has 0 heterocycles. The molecular formula is C9H15ClO2. The van der Waals surface area contributed by atoms with E-state index >= 15 is 0 Å². The van der Waals surface area contributed by atoms with Gasteiger partial charge in [0.15, 0.2) is 0 Å². The Kier molecular flexibility index (Phi) is 8.24. The minimum Gasteiger partial charge on any atom is -0.423 e. The Morgan fingerprint density at radius 1 is 1.42 bits per heavy atom. The molecule has 0 saturated heterocycles. The Hall–Kier alpha value is -0.500. The number of halogens is 1. The lowest BCUT2D eigenvalue weighted by atomic mass is 10.2. The summed E-state index contributed by atoms with van der Waals surface area (Å²) < 4.78 is 4.39. The molecule has 0 bridgehead atoms. The molecule has 0 aliphatic carbocycles. The maximum atomic E-state index is 10.1. The van der Waals surface area contributed by atoms with E-state index in [0.717, 1.165) is 12.8 Å². The first-order valence-electron chi connectivity index (χ1n) is 4.28. The van der Waals surface area contributed by atoms with Gasteiger partial charge in [-0.3, -0.25) is 0 Å². The standard InChI is InChI=1S/C9H15ClO2/c1-2-3-4-5-6-7-8-12-9(10)11/h7-8H,2-6H2,1H3/b8-7+. The Morgan fingerprint density at radius 3 is 2.75 bits per heavy atom. The van der Waals surface area contributed by atoms with Gasteiger partial charge in [0.1, 0.15) is 0 Å². The van der Waals surface area contributed by atoms with Crippen molar-refractivity contribution >= 4 is 17.0 Å². The summed E-state index contributed by atoms with van der Waals surface area (Å²) in [6.07, 6.45) is 8.99. The van der Waals surface area contributed by atoms with Gasteiger partial charge in [0.25, 0.3) is 0 Å². The molecule has 0 spiro atoms. The molecule has 2 nitrogen and oxygen atoms in total. The molecule has 12 heavy (non-hydrogen) atoms. The number of unbranched alkanes of at least 4 members (excludes halogenated alkanes) is 4. The summed E-state index contributed by atoms with van der Waals surface area (Å²) in [5.41, 5.74) is -0.778. The fraction of sp³-hybridized carbons (Fsp3) is 0.667. The van der Waals surface area contributed by atoms with Gasteiger partial charge in [0.05, 0.1) is 6.26 Å². The van der Waals surface area contributed by atoms with E-state index in [1.807, 2.05) is 6.08 Å². The van der Waals surface area contributed by atoms with Crippen molar-refractivity contribution in [3.05, 3.63) is 12.3 Å². The van der Waals surface area contributed by atoms with E-state index in [-0.39, 0.29) is 0 Å². The van der Waals surface area contributed by atoms with E-state index in [0.29, 0.717) is 0 Å². The summed E-state index contributed by atoms with van der Waals surface area (Å²) >= 11 is 4.93. The van der Waals surface area contributed by atoms with Gasteiger partial charge in [0.2, 0.25) is 0 Å². The van der Waals surface area contributed by atoms with Crippen LogP contribution < -0.4 is 0 Å². The molecule has 0 aliphatic heterocycles. The molecule has 0 rings (SSSR count). The van der Waals surface area contributed by atoms with E-state index in [9.17, 15) is 4.79 Å². The van der Waals surface area contributed by atoms with Gasteiger partial charge in [-0.2, -0.15) is 0 Å². The Balaban J connectivity index is 3.08. The van der Waals surface area contributed by atoms with Gasteiger partial charge in [-0.25, -0.2) is 4.79 Å². The molecule has 0 aromatic carbocycles. The third-order valence-corrected chi connectivity index (χ3v) is 1.57. The topological polar surface area (TPSA) is 26.3 Å². The number of carbonyl (C=O) groups is 1. The van der Waals surface area contributed by atoms with Crippen molar-refractivity contribution < 1.29 is 9.53 Å². The van der Waals surface area contributed by atoms with E-state index in [2.05, 4.69) is 11.7 Å². The van der Waals surface area contributed by atoms with Crippen molar-refractivity contribution in [2.24, 2.45) is 0 Å². The number of hydrogen-bond acceptors (Lipinski definition) is 2. The Bertz CT molecular complexity index is 143. The minimum absolute atomic E-state index is 0.778. The normalized spacial score (nSPS) is 10.5. The summed E-state index contributed by atoms with van der Waals surface area (Å²) in [6, 6.07) is 0. The predicted octanol–water partition coefficient (Wildman–Crippen LogP) is 3.85. The molecule has 0 amide bonds. The number of allylic oxidation sites excluding steroid dienone is 1. The van der Waals surface area contributed by atoms with E-state index in [1.165, 1.54) is 25.5 Å². The maximum absolute atomic E-state index is 10.1. The summed E-state index contributed by atoms with van der Waals surface area (Å²) in [5.74, 6) is 0. The van der Waals surface area contributed by atoms with Crippen molar-refractivity contribution in [3.8, 4) is 0 Å². The molecule has 70 valence electrons. The van der Waals surface area contributed by atoms with Crippen LogP contribution in [-0.2, 0) is 4.74 Å². The van der Waals surface area contributed by atoms with E-state index in [4.69, 9.17) is 11.6 Å². The third-order valence-electron chi connectivity index (χ3n) is 1.48. The molecule has 0 unspecified atom stereocenters. The van der Waals surface area contributed by atoms with Crippen LogP contribution in [0.3, 0.4) is 0 Å². The Labute approximate surface area is 78.5 Å². The van der Waals surface area contributed by atoms with Gasteiger partial charge in [0, 0.05) is 11.6 Å². The van der Waals surface area contributed by atoms with Crippen LogP contribution in [0.15, 0.2) is 12.3 Å². The molecule has 0 aromatic heterocycles. The summed E-state index contributed by atoms with van der Waals surface area (Å²) in [6.45, 7) is 2.17. The van der Waals surface area contributed by atoms with E-state index in [1.54, 1.807) is 0 Å². The zero-order valence-corrected chi connectivity index (χ0v) is 8.14. The zero-order valence-electron chi connectivity index (χ0n) is 7.38. The predicted molar refractivity (Wildman–Crippen MR) is 50.2 cm³/mol. The highest BCUT2D eigenvalue weighted by Gasteiger charge is 1.88. The molecule has 0 atom stereocenters. The monoisotopic (exact) mass is 190 g/mol. The van der Waals surface area contributed by atoms with Gasteiger partial charge in [-0.05, 0) is 18.9 Å². The van der Waals surface area contributed by atoms with Crippen molar-refractivity contribution in [3.63, 3.8) is 0 Å². The molecule has 0 aromatic rings. The van der Waals surface area contributed by atoms with E-state index < -0.39 is 5.43 Å². The highest BCUT2D eigenvalue weighted by atomic mass is 35.5. The van der Waals surface area contributed by atoms with Crippen molar-refractivity contribution in [2.45, 2.75) is 39.0 Å². The second-order valence-corrected chi connectivity index (χ2v) is 2.89. The number of carbonyl (C=O) groups excluding carboxylic acids is 1. The fourth-order valence-electron chi connectivity index (χ4n) is 0.859. The second-order valence-electron chi connectivity index (χ2n) is 2.58. The highest BCUT2D eigenvalue weighted by Crippen LogP contribution is 2.02. The lowest BCUT2D eigenvalue weighted by molar-refractivity contribution is 0.212. The number of ether oxygens (including phenoxy) is 1. The lowest BCUT2D eigenvalue weighted by Crippen LogP contribution is -1.82. The van der Waals surface area contributed by atoms with Crippen LogP contribution >= 0.6 is 11.6 Å². The third kappa shape index (κ3) is 9.50. The minimum atomic E-state index is -0.778. The van der Waals surface area contributed by atoms with Crippen molar-refractivity contribution in [2.75, 3.05) is 0 Å². The second kappa shape index (κ2) is 8.60. The molecule has 0 aliphatic rings. The van der Waals surface area contributed by atoms with Crippen LogP contribution in [-0.4, -0.2) is 5.43 Å². The largest absolute Gasteiger partial charge is 0.423 e. The summed E-state index contributed by atoms with van der Waals surface area (Å²) in [4.78, 5) is 10.1. The van der Waals surface area contributed by atoms with Gasteiger partial charge < -0.3 is 4.74 Å². The fourth-order valence-corrected chi connectivity index (χ4v) is 0.910. The van der Waals surface area contributed by atoms with Crippen molar-refractivity contribution in [1.82, 2.24) is 0 Å². The molecule has 0 saturated carbocycles.